The fraction of sp³-hybridized carbons (Fsp3) is 0.231. The molecule has 39 heavy (non-hydrogen) atoms. The normalized spacial score (nSPS) is 14.6. The minimum atomic E-state index is -4.62. The number of carbonyl (C=O) groups excluding carboxylic acids is 2. The second kappa shape index (κ2) is 10.2. The van der Waals surface area contributed by atoms with Crippen LogP contribution >= 0.6 is 0 Å². The van der Waals surface area contributed by atoms with Gasteiger partial charge in [0, 0.05) is 18.2 Å². The molecular weight excluding hydrogens is 518 g/mol. The van der Waals surface area contributed by atoms with Crippen molar-refractivity contribution in [1.29, 1.82) is 0 Å². The molecule has 2 amide bonds. The molecule has 1 aliphatic rings. The summed E-state index contributed by atoms with van der Waals surface area (Å²) in [4.78, 5) is 36.9. The van der Waals surface area contributed by atoms with E-state index in [1.807, 2.05) is 5.10 Å². The Labute approximate surface area is 219 Å². The average Bonchev–Trinajstić information content (AvgIpc) is 3.57. The predicted octanol–water partition coefficient (Wildman–Crippen LogP) is 4.08. The van der Waals surface area contributed by atoms with Crippen LogP contribution in [0.5, 0.6) is 0 Å². The van der Waals surface area contributed by atoms with Crippen LogP contribution < -0.4 is 10.6 Å². The van der Waals surface area contributed by atoms with Crippen LogP contribution in [0.15, 0.2) is 48.8 Å². The summed E-state index contributed by atoms with van der Waals surface area (Å²) in [5, 5.41) is 11.1. The standard InChI is InChI=1S/C26H21F4N7O2/c1-13-8-14(2-6-18(13)27)11-31-23(38)20-10-21(33-12-32-20)24(39)34-19-7-4-15-9-16(3-5-17(15)19)22-35-25(37-36-22)26(28,29)30/h2-3,5-6,8-10,12,19H,4,7,11H2,1H3,(H,31,38)(H,34,39)(H,35,36,37)/t19-/m0/s1. The molecule has 0 aliphatic heterocycles. The topological polar surface area (TPSA) is 126 Å². The quantitative estimate of drug-likeness (QED) is 0.317. The molecule has 3 N–H and O–H groups in total. The van der Waals surface area contributed by atoms with Gasteiger partial charge in [-0.05, 0) is 54.2 Å². The van der Waals surface area contributed by atoms with E-state index in [0.29, 0.717) is 29.5 Å². The number of alkyl halides is 3. The van der Waals surface area contributed by atoms with Crippen molar-refractivity contribution < 1.29 is 27.2 Å². The summed E-state index contributed by atoms with van der Waals surface area (Å²) in [6.07, 6.45) is -2.35. The van der Waals surface area contributed by atoms with Crippen LogP contribution in [0.25, 0.3) is 11.4 Å². The number of benzene rings is 2. The third kappa shape index (κ3) is 5.61. The highest BCUT2D eigenvalue weighted by Crippen LogP contribution is 2.34. The molecule has 0 saturated heterocycles. The number of aromatic amines is 1. The molecule has 5 rings (SSSR count). The van der Waals surface area contributed by atoms with Gasteiger partial charge in [0.25, 0.3) is 11.8 Å². The Hall–Kier alpha value is -4.68. The van der Waals surface area contributed by atoms with Crippen molar-refractivity contribution in [2.75, 3.05) is 0 Å². The number of fused-ring (bicyclic) bond motifs is 1. The summed E-state index contributed by atoms with van der Waals surface area (Å²) in [5.74, 6) is -2.61. The maximum Gasteiger partial charge on any atom is 0.451 e. The summed E-state index contributed by atoms with van der Waals surface area (Å²) in [6, 6.07) is 10.5. The zero-order valence-electron chi connectivity index (χ0n) is 20.4. The number of nitrogens with one attached hydrogen (secondary N) is 3. The van der Waals surface area contributed by atoms with E-state index < -0.39 is 23.8 Å². The fourth-order valence-electron chi connectivity index (χ4n) is 4.35. The summed E-state index contributed by atoms with van der Waals surface area (Å²) in [6.45, 7) is 1.78. The van der Waals surface area contributed by atoms with E-state index in [4.69, 9.17) is 0 Å². The molecule has 2 aromatic heterocycles. The molecule has 200 valence electrons. The van der Waals surface area contributed by atoms with Gasteiger partial charge in [0.2, 0.25) is 5.82 Å². The number of amides is 2. The molecule has 0 spiro atoms. The Morgan fingerprint density at radius 1 is 1.05 bits per heavy atom. The van der Waals surface area contributed by atoms with Crippen molar-refractivity contribution in [2.24, 2.45) is 0 Å². The number of hydrogen-bond acceptors (Lipinski definition) is 6. The molecule has 0 bridgehead atoms. The van der Waals surface area contributed by atoms with Crippen LogP contribution in [0.1, 0.15) is 61.5 Å². The van der Waals surface area contributed by atoms with Crippen LogP contribution in [0, 0.1) is 12.7 Å². The van der Waals surface area contributed by atoms with E-state index in [9.17, 15) is 27.2 Å². The van der Waals surface area contributed by atoms with E-state index >= 15 is 0 Å². The van der Waals surface area contributed by atoms with Gasteiger partial charge in [0.15, 0.2) is 5.82 Å². The molecule has 0 unspecified atom stereocenters. The first kappa shape index (κ1) is 25.9. The first-order valence-electron chi connectivity index (χ1n) is 11.9. The highest BCUT2D eigenvalue weighted by molar-refractivity contribution is 5.97. The lowest BCUT2D eigenvalue weighted by molar-refractivity contribution is -0.144. The number of rotatable bonds is 6. The predicted molar refractivity (Wildman–Crippen MR) is 130 cm³/mol. The third-order valence-corrected chi connectivity index (χ3v) is 6.35. The van der Waals surface area contributed by atoms with Gasteiger partial charge in [-0.15, -0.1) is 0 Å². The molecule has 4 aromatic rings. The number of H-pyrrole nitrogens is 1. The molecule has 1 atom stereocenters. The van der Waals surface area contributed by atoms with Gasteiger partial charge in [0.1, 0.15) is 23.5 Å². The van der Waals surface area contributed by atoms with Crippen LogP contribution in [-0.2, 0) is 19.1 Å². The van der Waals surface area contributed by atoms with E-state index in [1.54, 1.807) is 37.3 Å². The van der Waals surface area contributed by atoms with Crippen molar-refractivity contribution in [2.45, 2.75) is 38.5 Å². The SMILES string of the molecule is Cc1cc(CNC(=O)c2cc(C(=O)N[C@H]3CCc4cc(-c5n[nH]c(C(F)(F)F)n5)ccc43)ncn2)ccc1F. The van der Waals surface area contributed by atoms with Crippen LogP contribution in [0.3, 0.4) is 0 Å². The zero-order valence-corrected chi connectivity index (χ0v) is 20.4. The molecular formula is C26H21F4N7O2. The average molecular weight is 539 g/mol. The number of aromatic nitrogens is 5. The largest absolute Gasteiger partial charge is 0.451 e. The highest BCUT2D eigenvalue weighted by atomic mass is 19.4. The number of halogens is 4. The first-order chi connectivity index (χ1) is 18.6. The first-order valence-corrected chi connectivity index (χ1v) is 11.9. The number of nitrogens with zero attached hydrogens (tertiary/aromatic N) is 4. The lowest BCUT2D eigenvalue weighted by Gasteiger charge is -2.14. The van der Waals surface area contributed by atoms with Crippen LogP contribution in [0.4, 0.5) is 17.6 Å². The van der Waals surface area contributed by atoms with Gasteiger partial charge < -0.3 is 10.6 Å². The van der Waals surface area contributed by atoms with Crippen molar-refractivity contribution >= 4 is 11.8 Å². The van der Waals surface area contributed by atoms with Gasteiger partial charge in [-0.2, -0.15) is 18.3 Å². The lowest BCUT2D eigenvalue weighted by Crippen LogP contribution is -2.29. The molecule has 2 heterocycles. The van der Waals surface area contributed by atoms with Gasteiger partial charge in [-0.1, -0.05) is 24.3 Å². The van der Waals surface area contributed by atoms with E-state index in [0.717, 1.165) is 17.5 Å². The zero-order chi connectivity index (χ0) is 27.7. The van der Waals surface area contributed by atoms with E-state index in [2.05, 4.69) is 30.7 Å². The molecule has 1 aliphatic carbocycles. The monoisotopic (exact) mass is 539 g/mol. The van der Waals surface area contributed by atoms with Gasteiger partial charge >= 0.3 is 6.18 Å². The van der Waals surface area contributed by atoms with Crippen molar-refractivity contribution in [1.82, 2.24) is 35.8 Å². The molecule has 2 aromatic carbocycles. The third-order valence-electron chi connectivity index (χ3n) is 6.35. The Balaban J connectivity index is 1.24. The summed E-state index contributed by atoms with van der Waals surface area (Å²) < 4.78 is 52.0. The summed E-state index contributed by atoms with van der Waals surface area (Å²) in [5.41, 5.74) is 3.26. The Bertz CT molecular complexity index is 1570. The Morgan fingerprint density at radius 2 is 1.82 bits per heavy atom. The lowest BCUT2D eigenvalue weighted by atomic mass is 10.0. The van der Waals surface area contributed by atoms with Crippen LogP contribution in [0.2, 0.25) is 0 Å². The second-order valence-electron chi connectivity index (χ2n) is 9.04. The minimum absolute atomic E-state index is 0.00162. The molecule has 0 fully saturated rings. The number of aryl methyl sites for hydroxylation is 2. The maximum atomic E-state index is 13.5. The Kier molecular flexibility index (Phi) is 6.81. The van der Waals surface area contributed by atoms with E-state index in [-0.39, 0.29) is 35.6 Å². The highest BCUT2D eigenvalue weighted by Gasteiger charge is 2.35. The molecule has 9 nitrogen and oxygen atoms in total. The number of carbonyl (C=O) groups is 2. The number of hydrogen-bond donors (Lipinski definition) is 3. The maximum absolute atomic E-state index is 13.5. The summed E-state index contributed by atoms with van der Waals surface area (Å²) >= 11 is 0. The smallest absolute Gasteiger partial charge is 0.347 e. The molecule has 13 heteroatoms. The molecule has 0 radical (unpaired) electrons. The van der Waals surface area contributed by atoms with Gasteiger partial charge in [0.05, 0.1) is 6.04 Å². The summed E-state index contributed by atoms with van der Waals surface area (Å²) in [7, 11) is 0. The molecule has 0 saturated carbocycles. The Morgan fingerprint density at radius 3 is 2.54 bits per heavy atom. The second-order valence-corrected chi connectivity index (χ2v) is 9.04. The van der Waals surface area contributed by atoms with E-state index in [1.165, 1.54) is 12.1 Å². The van der Waals surface area contributed by atoms with Crippen LogP contribution in [-0.4, -0.2) is 37.0 Å². The van der Waals surface area contributed by atoms with Crippen molar-refractivity contribution in [3.8, 4) is 11.4 Å². The van der Waals surface area contributed by atoms with Crippen molar-refractivity contribution in [3.05, 3.63) is 94.1 Å². The van der Waals surface area contributed by atoms with Crippen molar-refractivity contribution in [3.63, 3.8) is 0 Å². The van der Waals surface area contributed by atoms with Gasteiger partial charge in [-0.3, -0.25) is 14.7 Å². The fourth-order valence-corrected chi connectivity index (χ4v) is 4.35. The minimum Gasteiger partial charge on any atom is -0.347 e. The van der Waals surface area contributed by atoms with Gasteiger partial charge in [-0.25, -0.2) is 19.3 Å².